The van der Waals surface area contributed by atoms with Gasteiger partial charge in [-0.3, -0.25) is 4.79 Å². The summed E-state index contributed by atoms with van der Waals surface area (Å²) in [5.74, 6) is -0.127. The molecule has 1 amide bonds. The Labute approximate surface area is 118 Å². The minimum absolute atomic E-state index is 0.124. The van der Waals surface area contributed by atoms with Gasteiger partial charge >= 0.3 is 6.18 Å². The van der Waals surface area contributed by atoms with Gasteiger partial charge in [-0.1, -0.05) is 0 Å². The number of aromatic nitrogens is 1. The number of methoxy groups -OCH3 is 1. The molecule has 21 heavy (non-hydrogen) atoms. The maximum atomic E-state index is 12.4. The molecule has 0 aliphatic heterocycles. The number of ether oxygens (including phenoxy) is 1. The summed E-state index contributed by atoms with van der Waals surface area (Å²) in [6.07, 6.45) is -3.03. The molecule has 0 saturated heterocycles. The molecule has 1 N–H and O–H groups in total. The van der Waals surface area contributed by atoms with Crippen molar-refractivity contribution in [2.24, 2.45) is 0 Å². The quantitative estimate of drug-likeness (QED) is 0.945. The summed E-state index contributed by atoms with van der Waals surface area (Å²) in [5.41, 5.74) is -0.260. The molecule has 0 bridgehead atoms. The third kappa shape index (κ3) is 3.71. The zero-order valence-corrected chi connectivity index (χ0v) is 10.9. The van der Waals surface area contributed by atoms with Crippen molar-refractivity contribution in [3.8, 4) is 5.88 Å². The summed E-state index contributed by atoms with van der Waals surface area (Å²) in [4.78, 5) is 15.8. The zero-order chi connectivity index (χ0) is 15.5. The molecule has 0 atom stereocenters. The molecule has 1 aromatic carbocycles. The van der Waals surface area contributed by atoms with Gasteiger partial charge in [0.1, 0.15) is 0 Å². The zero-order valence-electron chi connectivity index (χ0n) is 10.9. The van der Waals surface area contributed by atoms with E-state index < -0.39 is 17.6 Å². The van der Waals surface area contributed by atoms with Crippen molar-refractivity contribution in [1.82, 2.24) is 4.98 Å². The second-order valence-corrected chi connectivity index (χ2v) is 4.12. The van der Waals surface area contributed by atoms with Crippen LogP contribution in [0, 0.1) is 0 Å². The second-order valence-electron chi connectivity index (χ2n) is 4.12. The van der Waals surface area contributed by atoms with Gasteiger partial charge in [-0.2, -0.15) is 13.2 Å². The molecule has 110 valence electrons. The van der Waals surface area contributed by atoms with Crippen LogP contribution in [0.5, 0.6) is 5.88 Å². The van der Waals surface area contributed by atoms with Gasteiger partial charge in [0.25, 0.3) is 5.91 Å². The van der Waals surface area contributed by atoms with Crippen LogP contribution >= 0.6 is 0 Å². The Kier molecular flexibility index (Phi) is 4.11. The number of anilines is 1. The van der Waals surface area contributed by atoms with Crippen LogP contribution in [0.3, 0.4) is 0 Å². The van der Waals surface area contributed by atoms with Crippen molar-refractivity contribution in [1.29, 1.82) is 0 Å². The van der Waals surface area contributed by atoms with Gasteiger partial charge in [-0.05, 0) is 30.3 Å². The lowest BCUT2D eigenvalue weighted by Crippen LogP contribution is -2.13. The maximum absolute atomic E-state index is 12.4. The lowest BCUT2D eigenvalue weighted by atomic mass is 10.1. The molecule has 0 fully saturated rings. The Bertz CT molecular complexity index is 622. The van der Waals surface area contributed by atoms with E-state index in [0.717, 1.165) is 24.3 Å². The molecule has 0 aliphatic rings. The summed E-state index contributed by atoms with van der Waals surface area (Å²) in [7, 11) is 1.46. The smallest absolute Gasteiger partial charge is 0.416 e. The number of carbonyl (C=O) groups is 1. The topological polar surface area (TPSA) is 51.2 Å². The van der Waals surface area contributed by atoms with Crippen molar-refractivity contribution in [2.75, 3.05) is 12.4 Å². The van der Waals surface area contributed by atoms with E-state index in [1.165, 1.54) is 13.3 Å². The maximum Gasteiger partial charge on any atom is 0.416 e. The molecule has 0 saturated carbocycles. The van der Waals surface area contributed by atoms with E-state index in [4.69, 9.17) is 4.74 Å². The van der Waals surface area contributed by atoms with Crippen LogP contribution in [0.4, 0.5) is 18.9 Å². The predicted molar refractivity (Wildman–Crippen MR) is 70.2 cm³/mol. The highest BCUT2D eigenvalue weighted by atomic mass is 19.4. The SMILES string of the molecule is COc1ccc(NC(=O)c2ccc(C(F)(F)F)cc2)cn1. The summed E-state index contributed by atoms with van der Waals surface area (Å²) >= 11 is 0. The highest BCUT2D eigenvalue weighted by Crippen LogP contribution is 2.29. The number of rotatable bonds is 3. The van der Waals surface area contributed by atoms with Crippen LogP contribution in [-0.2, 0) is 6.18 Å². The second kappa shape index (κ2) is 5.82. The number of benzene rings is 1. The largest absolute Gasteiger partial charge is 0.481 e. The van der Waals surface area contributed by atoms with Gasteiger partial charge in [0.2, 0.25) is 5.88 Å². The molecular formula is C14H11F3N2O2. The third-order valence-corrected chi connectivity index (χ3v) is 2.68. The molecule has 2 rings (SSSR count). The first-order valence-electron chi connectivity index (χ1n) is 5.89. The number of alkyl halides is 3. The van der Waals surface area contributed by atoms with Crippen LogP contribution < -0.4 is 10.1 Å². The molecule has 2 aromatic rings. The van der Waals surface area contributed by atoms with E-state index >= 15 is 0 Å². The summed E-state index contributed by atoms with van der Waals surface area (Å²) in [5, 5.41) is 2.53. The molecule has 1 aromatic heterocycles. The molecule has 7 heteroatoms. The van der Waals surface area contributed by atoms with Gasteiger partial charge in [0.15, 0.2) is 0 Å². The van der Waals surface area contributed by atoms with Crippen LogP contribution in [0.25, 0.3) is 0 Å². The van der Waals surface area contributed by atoms with Crippen LogP contribution in [0.1, 0.15) is 15.9 Å². The molecule has 4 nitrogen and oxygen atoms in total. The number of nitrogens with zero attached hydrogens (tertiary/aromatic N) is 1. The standard InChI is InChI=1S/C14H11F3N2O2/c1-21-12-7-6-11(8-18-12)19-13(20)9-2-4-10(5-3-9)14(15,16)17/h2-8H,1H3,(H,19,20). The Balaban J connectivity index is 2.09. The molecule has 0 radical (unpaired) electrons. The average Bonchev–Trinajstić information content (AvgIpc) is 2.47. The minimum atomic E-state index is -4.42. The van der Waals surface area contributed by atoms with Gasteiger partial charge in [0, 0.05) is 11.6 Å². The van der Waals surface area contributed by atoms with E-state index in [2.05, 4.69) is 10.3 Å². The highest BCUT2D eigenvalue weighted by Gasteiger charge is 2.30. The number of pyridine rings is 1. The summed E-state index contributed by atoms with van der Waals surface area (Å²) < 4.78 is 42.1. The van der Waals surface area contributed by atoms with Crippen LogP contribution in [-0.4, -0.2) is 18.0 Å². The van der Waals surface area contributed by atoms with Gasteiger partial charge in [-0.25, -0.2) is 4.98 Å². The average molecular weight is 296 g/mol. The normalized spacial score (nSPS) is 11.0. The highest BCUT2D eigenvalue weighted by molar-refractivity contribution is 6.04. The number of nitrogens with one attached hydrogen (secondary N) is 1. The number of carbonyl (C=O) groups excluding carboxylic acids is 1. The third-order valence-electron chi connectivity index (χ3n) is 2.68. The molecule has 0 aliphatic carbocycles. The van der Waals surface area contributed by atoms with Crippen molar-refractivity contribution >= 4 is 11.6 Å². The Morgan fingerprint density at radius 2 is 1.81 bits per heavy atom. The van der Waals surface area contributed by atoms with E-state index in [-0.39, 0.29) is 5.56 Å². The van der Waals surface area contributed by atoms with Crippen molar-refractivity contribution < 1.29 is 22.7 Å². The molecule has 1 heterocycles. The fourth-order valence-electron chi connectivity index (χ4n) is 1.59. The number of hydrogen-bond donors (Lipinski definition) is 1. The summed E-state index contributed by atoms with van der Waals surface area (Å²) in [6, 6.07) is 7.10. The Hall–Kier alpha value is -2.57. The fourth-order valence-corrected chi connectivity index (χ4v) is 1.59. The monoisotopic (exact) mass is 296 g/mol. The fraction of sp³-hybridized carbons (Fsp3) is 0.143. The predicted octanol–water partition coefficient (Wildman–Crippen LogP) is 3.36. The summed E-state index contributed by atoms with van der Waals surface area (Å²) in [6.45, 7) is 0. The van der Waals surface area contributed by atoms with Crippen molar-refractivity contribution in [3.05, 3.63) is 53.7 Å². The van der Waals surface area contributed by atoms with Gasteiger partial charge in [-0.15, -0.1) is 0 Å². The minimum Gasteiger partial charge on any atom is -0.481 e. The van der Waals surface area contributed by atoms with Gasteiger partial charge in [0.05, 0.1) is 24.6 Å². The van der Waals surface area contributed by atoms with Crippen molar-refractivity contribution in [2.45, 2.75) is 6.18 Å². The van der Waals surface area contributed by atoms with Crippen molar-refractivity contribution in [3.63, 3.8) is 0 Å². The van der Waals surface area contributed by atoms with E-state index in [1.54, 1.807) is 12.1 Å². The number of amides is 1. The first kappa shape index (κ1) is 14.8. The van der Waals surface area contributed by atoms with E-state index in [1.807, 2.05) is 0 Å². The first-order chi connectivity index (χ1) is 9.90. The molecular weight excluding hydrogens is 285 g/mol. The Morgan fingerprint density at radius 3 is 2.29 bits per heavy atom. The lowest BCUT2D eigenvalue weighted by Gasteiger charge is -2.08. The number of halogens is 3. The van der Waals surface area contributed by atoms with Crippen LogP contribution in [0.2, 0.25) is 0 Å². The van der Waals surface area contributed by atoms with Crippen LogP contribution in [0.15, 0.2) is 42.6 Å². The number of hydrogen-bond acceptors (Lipinski definition) is 3. The van der Waals surface area contributed by atoms with Gasteiger partial charge < -0.3 is 10.1 Å². The molecule has 0 spiro atoms. The Morgan fingerprint density at radius 1 is 1.14 bits per heavy atom. The molecule has 0 unspecified atom stereocenters. The first-order valence-corrected chi connectivity index (χ1v) is 5.89. The van der Waals surface area contributed by atoms with E-state index in [9.17, 15) is 18.0 Å². The van der Waals surface area contributed by atoms with E-state index in [0.29, 0.717) is 11.6 Å². The lowest BCUT2D eigenvalue weighted by molar-refractivity contribution is -0.137.